The molecule has 2 aromatic rings. The monoisotopic (exact) mass is 307 g/mol. The molecule has 1 heterocycles. The molecule has 3 atom stereocenters. The largest absolute Gasteiger partial charge is 0.342 e. The summed E-state index contributed by atoms with van der Waals surface area (Å²) >= 11 is 12.1. The third-order valence-electron chi connectivity index (χ3n) is 3.25. The van der Waals surface area contributed by atoms with Crippen LogP contribution in [-0.4, -0.2) is 6.10 Å². The minimum atomic E-state index is -0.421. The lowest BCUT2D eigenvalue weighted by Crippen LogP contribution is -2.11. The first kappa shape index (κ1) is 13.9. The fourth-order valence-corrected chi connectivity index (χ4v) is 2.77. The molecule has 0 bridgehead atoms. The van der Waals surface area contributed by atoms with Gasteiger partial charge in [-0.05, 0) is 19.1 Å². The molecule has 1 aliphatic heterocycles. The van der Waals surface area contributed by atoms with Crippen molar-refractivity contribution in [2.24, 2.45) is 0 Å². The van der Waals surface area contributed by atoms with Gasteiger partial charge in [-0.2, -0.15) is 0 Å². The van der Waals surface area contributed by atoms with Crippen LogP contribution in [-0.2, 0) is 9.47 Å². The number of rotatable bonds is 2. The van der Waals surface area contributed by atoms with Crippen LogP contribution in [0.25, 0.3) is 0 Å². The minimum absolute atomic E-state index is 0.301. The third kappa shape index (κ3) is 2.70. The predicted octanol–water partition coefficient (Wildman–Crippen LogP) is 4.98. The molecular formula is C16H13Cl2O2. The number of hydrogen-bond acceptors (Lipinski definition) is 2. The van der Waals surface area contributed by atoms with Crippen LogP contribution < -0.4 is 0 Å². The molecule has 4 heteroatoms. The van der Waals surface area contributed by atoms with Crippen molar-refractivity contribution >= 4 is 23.2 Å². The number of benzene rings is 2. The Bertz CT molecular complexity index is 601. The molecule has 2 nitrogen and oxygen atoms in total. The fraction of sp³-hybridized carbons (Fsp3) is 0.188. The first-order valence-electron chi connectivity index (χ1n) is 6.29. The summed E-state index contributed by atoms with van der Waals surface area (Å²) < 4.78 is 11.7. The highest BCUT2D eigenvalue weighted by Gasteiger charge is 2.36. The van der Waals surface area contributed by atoms with Crippen LogP contribution in [0.5, 0.6) is 0 Å². The van der Waals surface area contributed by atoms with Crippen molar-refractivity contribution in [1.82, 2.24) is 0 Å². The van der Waals surface area contributed by atoms with Crippen LogP contribution in [0.2, 0.25) is 10.0 Å². The van der Waals surface area contributed by atoms with E-state index >= 15 is 0 Å². The Morgan fingerprint density at radius 2 is 1.70 bits per heavy atom. The summed E-state index contributed by atoms with van der Waals surface area (Å²) in [7, 11) is 0. The second kappa shape index (κ2) is 5.74. The molecule has 0 aliphatic carbocycles. The Hall–Kier alpha value is -1.06. The van der Waals surface area contributed by atoms with Gasteiger partial charge in [0.1, 0.15) is 6.10 Å². The molecule has 0 aromatic heterocycles. The lowest BCUT2D eigenvalue weighted by molar-refractivity contribution is -0.0657. The van der Waals surface area contributed by atoms with Gasteiger partial charge >= 0.3 is 0 Å². The molecule has 103 valence electrons. The normalized spacial score (nSPS) is 25.9. The lowest BCUT2D eigenvalue weighted by Gasteiger charge is -2.15. The van der Waals surface area contributed by atoms with E-state index in [1.165, 1.54) is 0 Å². The number of halogens is 2. The molecule has 0 spiro atoms. The van der Waals surface area contributed by atoms with E-state index in [1.807, 2.05) is 36.4 Å². The molecular weight excluding hydrogens is 295 g/mol. The van der Waals surface area contributed by atoms with Crippen molar-refractivity contribution < 1.29 is 9.47 Å². The molecule has 20 heavy (non-hydrogen) atoms. The van der Waals surface area contributed by atoms with Crippen molar-refractivity contribution in [1.29, 1.82) is 0 Å². The van der Waals surface area contributed by atoms with E-state index in [9.17, 15) is 0 Å². The SMILES string of the molecule is [CH2][C@H]1OC(c2ccccc2)O[C@@H]1c1ccc(Cl)cc1Cl. The zero-order valence-electron chi connectivity index (χ0n) is 10.6. The summed E-state index contributed by atoms with van der Waals surface area (Å²) in [4.78, 5) is 0. The highest BCUT2D eigenvalue weighted by molar-refractivity contribution is 6.35. The van der Waals surface area contributed by atoms with Crippen LogP contribution in [0.1, 0.15) is 23.5 Å². The van der Waals surface area contributed by atoms with Gasteiger partial charge in [0.25, 0.3) is 0 Å². The maximum absolute atomic E-state index is 6.22. The van der Waals surface area contributed by atoms with Crippen LogP contribution in [0.3, 0.4) is 0 Å². The topological polar surface area (TPSA) is 18.5 Å². The Kier molecular flexibility index (Phi) is 3.99. The predicted molar refractivity (Wildman–Crippen MR) is 79.7 cm³/mol. The molecule has 1 unspecified atom stereocenters. The van der Waals surface area contributed by atoms with Gasteiger partial charge < -0.3 is 9.47 Å². The summed E-state index contributed by atoms with van der Waals surface area (Å²) in [5.41, 5.74) is 1.81. The van der Waals surface area contributed by atoms with Gasteiger partial charge in [-0.15, -0.1) is 0 Å². The van der Waals surface area contributed by atoms with Gasteiger partial charge in [-0.25, -0.2) is 0 Å². The lowest BCUT2D eigenvalue weighted by atomic mass is 10.1. The highest BCUT2D eigenvalue weighted by atomic mass is 35.5. The molecule has 1 fully saturated rings. The molecule has 2 aromatic carbocycles. The van der Waals surface area contributed by atoms with E-state index in [-0.39, 0.29) is 12.2 Å². The van der Waals surface area contributed by atoms with Crippen molar-refractivity contribution in [2.45, 2.75) is 18.5 Å². The summed E-state index contributed by atoms with van der Waals surface area (Å²) in [5.74, 6) is 0. The summed E-state index contributed by atoms with van der Waals surface area (Å²) in [6, 6.07) is 15.1. The second-order valence-electron chi connectivity index (χ2n) is 4.64. The van der Waals surface area contributed by atoms with Crippen LogP contribution in [0.15, 0.2) is 48.5 Å². The van der Waals surface area contributed by atoms with E-state index in [4.69, 9.17) is 32.7 Å². The molecule has 0 amide bonds. The van der Waals surface area contributed by atoms with Crippen LogP contribution in [0, 0.1) is 6.92 Å². The molecule has 0 saturated carbocycles. The third-order valence-corrected chi connectivity index (χ3v) is 3.81. The molecule has 0 N–H and O–H groups in total. The van der Waals surface area contributed by atoms with Crippen LogP contribution >= 0.6 is 23.2 Å². The zero-order valence-corrected chi connectivity index (χ0v) is 12.1. The maximum atomic E-state index is 6.22. The second-order valence-corrected chi connectivity index (χ2v) is 5.48. The summed E-state index contributed by atoms with van der Waals surface area (Å²) in [5, 5.41) is 1.16. The van der Waals surface area contributed by atoms with Crippen LogP contribution in [0.4, 0.5) is 0 Å². The maximum Gasteiger partial charge on any atom is 0.185 e. The van der Waals surface area contributed by atoms with E-state index in [0.717, 1.165) is 11.1 Å². The fourth-order valence-electron chi connectivity index (χ4n) is 2.26. The van der Waals surface area contributed by atoms with Crippen molar-refractivity contribution in [3.63, 3.8) is 0 Å². The number of ether oxygens (including phenoxy) is 2. The van der Waals surface area contributed by atoms with Gasteiger partial charge in [0.2, 0.25) is 0 Å². The molecule has 3 rings (SSSR count). The Balaban J connectivity index is 1.85. The van der Waals surface area contributed by atoms with Gasteiger partial charge in [-0.3, -0.25) is 0 Å². The number of hydrogen-bond donors (Lipinski definition) is 0. The highest BCUT2D eigenvalue weighted by Crippen LogP contribution is 2.42. The zero-order chi connectivity index (χ0) is 14.1. The van der Waals surface area contributed by atoms with E-state index < -0.39 is 6.29 Å². The van der Waals surface area contributed by atoms with Crippen molar-refractivity contribution in [3.8, 4) is 0 Å². The van der Waals surface area contributed by atoms with Crippen molar-refractivity contribution in [2.75, 3.05) is 0 Å². The van der Waals surface area contributed by atoms with Gasteiger partial charge in [-0.1, -0.05) is 59.6 Å². The van der Waals surface area contributed by atoms with Gasteiger partial charge in [0.05, 0.1) is 6.10 Å². The Morgan fingerprint density at radius 3 is 2.40 bits per heavy atom. The average Bonchev–Trinajstić information content (AvgIpc) is 2.82. The van der Waals surface area contributed by atoms with Gasteiger partial charge in [0, 0.05) is 21.2 Å². The minimum Gasteiger partial charge on any atom is -0.342 e. The summed E-state index contributed by atoms with van der Waals surface area (Å²) in [6.07, 6.45) is -1.04. The Morgan fingerprint density at radius 1 is 0.950 bits per heavy atom. The van der Waals surface area contributed by atoms with E-state index in [2.05, 4.69) is 6.92 Å². The standard InChI is InChI=1S/C16H13Cl2O2/c1-10-15(13-8-7-12(17)9-14(13)18)20-16(19-10)11-5-3-2-4-6-11/h2-10,15-16H,1H2/t10-,15+,16?/m1/s1. The average molecular weight is 308 g/mol. The first-order chi connectivity index (χ1) is 9.65. The smallest absolute Gasteiger partial charge is 0.185 e. The van der Waals surface area contributed by atoms with Gasteiger partial charge in [0.15, 0.2) is 6.29 Å². The Labute approximate surface area is 128 Å². The van der Waals surface area contributed by atoms with E-state index in [0.29, 0.717) is 10.0 Å². The van der Waals surface area contributed by atoms with E-state index in [1.54, 1.807) is 12.1 Å². The molecule has 1 aliphatic rings. The quantitative estimate of drug-likeness (QED) is 0.778. The van der Waals surface area contributed by atoms with Crippen molar-refractivity contribution in [3.05, 3.63) is 76.6 Å². The first-order valence-corrected chi connectivity index (χ1v) is 7.04. The molecule has 1 radical (unpaired) electrons. The summed E-state index contributed by atoms with van der Waals surface area (Å²) in [6.45, 7) is 4.00. The molecule has 1 saturated heterocycles.